The maximum Gasteiger partial charge on any atom is 0.0547 e. The average Bonchev–Trinajstić information content (AvgIpc) is 2.81. The van der Waals surface area contributed by atoms with Crippen LogP contribution in [-0.2, 0) is 7.05 Å². The fourth-order valence-corrected chi connectivity index (χ4v) is 2.57. The fraction of sp³-hybridized carbons (Fsp3) is 0.800. The summed E-state index contributed by atoms with van der Waals surface area (Å²) in [7, 11) is 2.00. The molecule has 0 saturated carbocycles. The Kier molecular flexibility index (Phi) is 7.10. The summed E-state index contributed by atoms with van der Waals surface area (Å²) in [4.78, 5) is 2.48. The first-order valence-corrected chi connectivity index (χ1v) is 7.54. The molecule has 1 aromatic rings. The molecule has 0 spiro atoms. The minimum Gasteiger partial charge on any atom is -0.306 e. The number of hydrogen-bond donors (Lipinski definition) is 1. The molecule has 2 atom stereocenters. The van der Waals surface area contributed by atoms with E-state index in [9.17, 15) is 0 Å². The first-order chi connectivity index (χ1) is 9.08. The van der Waals surface area contributed by atoms with Crippen LogP contribution in [0.1, 0.15) is 52.3 Å². The largest absolute Gasteiger partial charge is 0.306 e. The van der Waals surface area contributed by atoms with Crippen LogP contribution in [0.4, 0.5) is 0 Å². The SMILES string of the molecule is CCN(CC)CCCC(C)NC(C)c1ccnn1C. The summed E-state index contributed by atoms with van der Waals surface area (Å²) >= 11 is 0. The minimum atomic E-state index is 0.357. The Hall–Kier alpha value is -0.870. The molecule has 0 saturated heterocycles. The van der Waals surface area contributed by atoms with Gasteiger partial charge < -0.3 is 10.2 Å². The van der Waals surface area contributed by atoms with Gasteiger partial charge in [0.1, 0.15) is 0 Å². The molecule has 0 aliphatic heterocycles. The second-order valence-electron chi connectivity index (χ2n) is 5.34. The Balaban J connectivity index is 2.27. The van der Waals surface area contributed by atoms with E-state index >= 15 is 0 Å². The van der Waals surface area contributed by atoms with Crippen LogP contribution in [0, 0.1) is 0 Å². The van der Waals surface area contributed by atoms with Crippen molar-refractivity contribution < 1.29 is 0 Å². The van der Waals surface area contributed by atoms with Crippen LogP contribution < -0.4 is 5.32 Å². The van der Waals surface area contributed by atoms with E-state index in [1.165, 1.54) is 25.1 Å². The summed E-state index contributed by atoms with van der Waals surface area (Å²) in [5.74, 6) is 0. The van der Waals surface area contributed by atoms with Gasteiger partial charge in [0.15, 0.2) is 0 Å². The molecule has 0 bridgehead atoms. The third kappa shape index (κ3) is 5.33. The number of aromatic nitrogens is 2. The van der Waals surface area contributed by atoms with Crippen molar-refractivity contribution in [2.24, 2.45) is 7.05 Å². The molecule has 0 amide bonds. The van der Waals surface area contributed by atoms with E-state index in [2.05, 4.69) is 49.1 Å². The predicted octanol–water partition coefficient (Wildman–Crippen LogP) is 2.58. The highest BCUT2D eigenvalue weighted by atomic mass is 15.3. The van der Waals surface area contributed by atoms with Crippen LogP contribution in [0.15, 0.2) is 12.3 Å². The Bertz CT molecular complexity index is 344. The summed E-state index contributed by atoms with van der Waals surface area (Å²) < 4.78 is 1.94. The highest BCUT2D eigenvalue weighted by Crippen LogP contribution is 2.12. The molecule has 110 valence electrons. The van der Waals surface area contributed by atoms with Crippen molar-refractivity contribution >= 4 is 0 Å². The minimum absolute atomic E-state index is 0.357. The fourth-order valence-electron chi connectivity index (χ4n) is 2.57. The van der Waals surface area contributed by atoms with Gasteiger partial charge in [-0.25, -0.2) is 0 Å². The zero-order chi connectivity index (χ0) is 14.3. The third-order valence-electron chi connectivity index (χ3n) is 3.84. The van der Waals surface area contributed by atoms with E-state index in [1.54, 1.807) is 0 Å². The Morgan fingerprint density at radius 1 is 1.32 bits per heavy atom. The van der Waals surface area contributed by atoms with Crippen LogP contribution in [0.25, 0.3) is 0 Å². The summed E-state index contributed by atoms with van der Waals surface area (Å²) in [5.41, 5.74) is 1.25. The molecule has 0 radical (unpaired) electrons. The molecule has 0 fully saturated rings. The van der Waals surface area contributed by atoms with Gasteiger partial charge in [0, 0.05) is 25.3 Å². The Morgan fingerprint density at radius 2 is 2.00 bits per heavy atom. The molecule has 0 aliphatic carbocycles. The van der Waals surface area contributed by atoms with E-state index in [0.29, 0.717) is 12.1 Å². The number of nitrogens with one attached hydrogen (secondary N) is 1. The summed E-state index contributed by atoms with van der Waals surface area (Å²) in [6, 6.07) is 2.98. The van der Waals surface area contributed by atoms with Gasteiger partial charge in [0.25, 0.3) is 0 Å². The Labute approximate surface area is 118 Å². The van der Waals surface area contributed by atoms with Gasteiger partial charge >= 0.3 is 0 Å². The molecule has 19 heavy (non-hydrogen) atoms. The molecule has 1 heterocycles. The molecule has 0 aromatic carbocycles. The quantitative estimate of drug-likeness (QED) is 0.746. The second kappa shape index (κ2) is 8.33. The lowest BCUT2D eigenvalue weighted by molar-refractivity contribution is 0.288. The molecule has 1 rings (SSSR count). The van der Waals surface area contributed by atoms with Gasteiger partial charge in [-0.1, -0.05) is 13.8 Å². The lowest BCUT2D eigenvalue weighted by atomic mass is 10.1. The predicted molar refractivity (Wildman–Crippen MR) is 81.2 cm³/mol. The molecule has 0 aliphatic rings. The van der Waals surface area contributed by atoms with Gasteiger partial charge in [-0.05, 0) is 52.4 Å². The smallest absolute Gasteiger partial charge is 0.0547 e. The molecule has 4 nitrogen and oxygen atoms in total. The lowest BCUT2D eigenvalue weighted by Gasteiger charge is -2.22. The molecular weight excluding hydrogens is 236 g/mol. The van der Waals surface area contributed by atoms with Crippen LogP contribution in [0.3, 0.4) is 0 Å². The van der Waals surface area contributed by atoms with Gasteiger partial charge in [-0.2, -0.15) is 5.10 Å². The summed E-state index contributed by atoms with van der Waals surface area (Å²) in [5, 5.41) is 7.88. The Morgan fingerprint density at radius 3 is 2.53 bits per heavy atom. The van der Waals surface area contributed by atoms with E-state index in [-0.39, 0.29) is 0 Å². The first-order valence-electron chi connectivity index (χ1n) is 7.54. The first kappa shape index (κ1) is 16.2. The van der Waals surface area contributed by atoms with Crippen molar-refractivity contribution in [1.29, 1.82) is 0 Å². The molecular formula is C15H30N4. The molecule has 2 unspecified atom stereocenters. The second-order valence-corrected chi connectivity index (χ2v) is 5.34. The molecule has 1 aromatic heterocycles. The number of nitrogens with zero attached hydrogens (tertiary/aromatic N) is 3. The van der Waals surface area contributed by atoms with E-state index < -0.39 is 0 Å². The molecule has 4 heteroatoms. The molecule has 1 N–H and O–H groups in total. The van der Waals surface area contributed by atoms with Crippen molar-refractivity contribution in [3.8, 4) is 0 Å². The van der Waals surface area contributed by atoms with E-state index in [1.807, 2.05) is 17.9 Å². The highest BCUT2D eigenvalue weighted by molar-refractivity contribution is 5.05. The van der Waals surface area contributed by atoms with Gasteiger partial charge in [0.05, 0.1) is 5.69 Å². The van der Waals surface area contributed by atoms with Gasteiger partial charge in [0.2, 0.25) is 0 Å². The number of hydrogen-bond acceptors (Lipinski definition) is 3. The highest BCUT2D eigenvalue weighted by Gasteiger charge is 2.12. The lowest BCUT2D eigenvalue weighted by Crippen LogP contribution is -2.31. The standard InChI is InChI=1S/C15H30N4/c1-6-19(7-2)12-8-9-13(3)17-14(4)15-10-11-16-18(15)5/h10-11,13-14,17H,6-9,12H2,1-5H3. The van der Waals surface area contributed by atoms with Crippen LogP contribution in [0.5, 0.6) is 0 Å². The van der Waals surface area contributed by atoms with E-state index in [0.717, 1.165) is 13.1 Å². The topological polar surface area (TPSA) is 33.1 Å². The van der Waals surface area contributed by atoms with Crippen LogP contribution >= 0.6 is 0 Å². The maximum atomic E-state index is 4.22. The van der Waals surface area contributed by atoms with Crippen LogP contribution in [0.2, 0.25) is 0 Å². The van der Waals surface area contributed by atoms with Crippen molar-refractivity contribution in [3.05, 3.63) is 18.0 Å². The zero-order valence-corrected chi connectivity index (χ0v) is 13.2. The van der Waals surface area contributed by atoms with E-state index in [4.69, 9.17) is 0 Å². The average molecular weight is 266 g/mol. The number of aryl methyl sites for hydroxylation is 1. The van der Waals surface area contributed by atoms with Crippen molar-refractivity contribution in [1.82, 2.24) is 20.0 Å². The normalized spacial score (nSPS) is 14.8. The van der Waals surface area contributed by atoms with Crippen LogP contribution in [-0.4, -0.2) is 40.4 Å². The van der Waals surface area contributed by atoms with Crippen molar-refractivity contribution in [3.63, 3.8) is 0 Å². The summed E-state index contributed by atoms with van der Waals surface area (Å²) in [6.07, 6.45) is 4.34. The maximum absolute atomic E-state index is 4.22. The third-order valence-corrected chi connectivity index (χ3v) is 3.84. The van der Waals surface area contributed by atoms with Crippen molar-refractivity contribution in [2.45, 2.75) is 52.6 Å². The number of rotatable bonds is 9. The van der Waals surface area contributed by atoms with Gasteiger partial charge in [-0.3, -0.25) is 4.68 Å². The monoisotopic (exact) mass is 266 g/mol. The van der Waals surface area contributed by atoms with Gasteiger partial charge in [-0.15, -0.1) is 0 Å². The van der Waals surface area contributed by atoms with Crippen molar-refractivity contribution in [2.75, 3.05) is 19.6 Å². The zero-order valence-electron chi connectivity index (χ0n) is 13.2. The summed E-state index contributed by atoms with van der Waals surface area (Å²) in [6.45, 7) is 12.5.